The number of fused-ring (bicyclic) bond motifs is 1. The number of amides is 1. The summed E-state index contributed by atoms with van der Waals surface area (Å²) in [7, 11) is 1.60. The second-order valence-corrected chi connectivity index (χ2v) is 6.04. The summed E-state index contributed by atoms with van der Waals surface area (Å²) in [6.07, 6.45) is 1.69. The van der Waals surface area contributed by atoms with Crippen LogP contribution in [0.2, 0.25) is 5.02 Å². The first-order chi connectivity index (χ1) is 10.7. The molecule has 0 saturated heterocycles. The maximum atomic E-state index is 12.3. The second kappa shape index (κ2) is 6.34. The molecule has 0 atom stereocenters. The van der Waals surface area contributed by atoms with E-state index in [0.717, 1.165) is 15.8 Å². The lowest BCUT2D eigenvalue weighted by molar-refractivity contribution is 0.0954. The number of benzene rings is 1. The summed E-state index contributed by atoms with van der Waals surface area (Å²) in [6.45, 7) is 0.369. The van der Waals surface area contributed by atoms with Gasteiger partial charge in [-0.25, -0.2) is 0 Å². The standard InChI is InChI=1S/C16H13ClN2O2S/c1-21-11-5-6-13-12(8-11)14(17)15(22-13)16(20)19-9-10-4-2-3-7-18-10/h2-8H,9H2,1H3,(H,19,20). The highest BCUT2D eigenvalue weighted by atomic mass is 35.5. The number of hydrogen-bond acceptors (Lipinski definition) is 4. The fourth-order valence-corrected chi connectivity index (χ4v) is 3.48. The second-order valence-electron chi connectivity index (χ2n) is 4.61. The van der Waals surface area contributed by atoms with Crippen LogP contribution in [0.25, 0.3) is 10.1 Å². The fourth-order valence-electron chi connectivity index (χ4n) is 2.07. The summed E-state index contributed by atoms with van der Waals surface area (Å²) in [5.74, 6) is 0.517. The maximum Gasteiger partial charge on any atom is 0.263 e. The molecule has 0 fully saturated rings. The molecule has 112 valence electrons. The molecular weight excluding hydrogens is 320 g/mol. The number of nitrogens with zero attached hydrogens (tertiary/aromatic N) is 1. The van der Waals surface area contributed by atoms with Crippen molar-refractivity contribution in [1.29, 1.82) is 0 Å². The molecule has 0 aliphatic heterocycles. The van der Waals surface area contributed by atoms with Gasteiger partial charge in [0, 0.05) is 16.3 Å². The number of halogens is 1. The van der Waals surface area contributed by atoms with Gasteiger partial charge in [-0.3, -0.25) is 9.78 Å². The number of carbonyl (C=O) groups is 1. The molecule has 1 aromatic carbocycles. The van der Waals surface area contributed by atoms with Crippen LogP contribution in [0, 0.1) is 0 Å². The lowest BCUT2D eigenvalue weighted by Crippen LogP contribution is -2.22. The highest BCUT2D eigenvalue weighted by Gasteiger charge is 2.17. The van der Waals surface area contributed by atoms with E-state index in [4.69, 9.17) is 16.3 Å². The van der Waals surface area contributed by atoms with Crippen molar-refractivity contribution >= 4 is 38.9 Å². The van der Waals surface area contributed by atoms with Crippen LogP contribution in [0.5, 0.6) is 5.75 Å². The van der Waals surface area contributed by atoms with Crippen LogP contribution in [-0.2, 0) is 6.54 Å². The van der Waals surface area contributed by atoms with Gasteiger partial charge in [0.2, 0.25) is 0 Å². The van der Waals surface area contributed by atoms with E-state index in [-0.39, 0.29) is 5.91 Å². The molecule has 1 amide bonds. The first-order valence-electron chi connectivity index (χ1n) is 6.63. The van der Waals surface area contributed by atoms with E-state index in [2.05, 4.69) is 10.3 Å². The number of aromatic nitrogens is 1. The van der Waals surface area contributed by atoms with Gasteiger partial charge in [-0.05, 0) is 30.3 Å². The van der Waals surface area contributed by atoms with Gasteiger partial charge in [0.05, 0.1) is 24.4 Å². The number of carbonyl (C=O) groups excluding carboxylic acids is 1. The zero-order valence-corrected chi connectivity index (χ0v) is 13.4. The molecule has 4 nitrogen and oxygen atoms in total. The molecular formula is C16H13ClN2O2S. The number of hydrogen-bond donors (Lipinski definition) is 1. The molecule has 22 heavy (non-hydrogen) atoms. The van der Waals surface area contributed by atoms with Crippen molar-refractivity contribution in [3.05, 3.63) is 58.2 Å². The van der Waals surface area contributed by atoms with Gasteiger partial charge < -0.3 is 10.1 Å². The van der Waals surface area contributed by atoms with Crippen LogP contribution < -0.4 is 10.1 Å². The van der Waals surface area contributed by atoms with Gasteiger partial charge in [-0.1, -0.05) is 17.7 Å². The van der Waals surface area contributed by atoms with Gasteiger partial charge >= 0.3 is 0 Å². The van der Waals surface area contributed by atoms with Crippen LogP contribution in [0.4, 0.5) is 0 Å². The third kappa shape index (κ3) is 2.91. The first kappa shape index (κ1) is 14.8. The monoisotopic (exact) mass is 332 g/mol. The Labute approximate surface area is 136 Å². The van der Waals surface area contributed by atoms with Gasteiger partial charge in [-0.2, -0.15) is 0 Å². The van der Waals surface area contributed by atoms with E-state index in [1.54, 1.807) is 13.3 Å². The Kier molecular flexibility index (Phi) is 4.27. The van der Waals surface area contributed by atoms with Gasteiger partial charge in [-0.15, -0.1) is 11.3 Å². The van der Waals surface area contributed by atoms with Crippen molar-refractivity contribution in [3.8, 4) is 5.75 Å². The Balaban J connectivity index is 1.83. The number of rotatable bonds is 4. The summed E-state index contributed by atoms with van der Waals surface area (Å²) >= 11 is 7.71. The molecule has 3 aromatic rings. The summed E-state index contributed by atoms with van der Waals surface area (Å²) in [5, 5.41) is 4.12. The smallest absolute Gasteiger partial charge is 0.263 e. The summed E-state index contributed by atoms with van der Waals surface area (Å²) in [5.41, 5.74) is 0.801. The molecule has 0 bridgehead atoms. The van der Waals surface area contributed by atoms with Gasteiger partial charge in [0.1, 0.15) is 10.6 Å². The Morgan fingerprint density at radius 3 is 2.95 bits per heavy atom. The predicted molar refractivity (Wildman–Crippen MR) is 88.8 cm³/mol. The average Bonchev–Trinajstić information content (AvgIpc) is 2.90. The van der Waals surface area contributed by atoms with Gasteiger partial charge in [0.25, 0.3) is 5.91 Å². The van der Waals surface area contributed by atoms with Crippen molar-refractivity contribution in [2.75, 3.05) is 7.11 Å². The zero-order valence-electron chi connectivity index (χ0n) is 11.8. The highest BCUT2D eigenvalue weighted by molar-refractivity contribution is 7.21. The minimum absolute atomic E-state index is 0.198. The Hall–Kier alpha value is -2.11. The highest BCUT2D eigenvalue weighted by Crippen LogP contribution is 2.37. The van der Waals surface area contributed by atoms with Crippen LogP contribution >= 0.6 is 22.9 Å². The van der Waals surface area contributed by atoms with E-state index in [9.17, 15) is 4.79 Å². The van der Waals surface area contributed by atoms with Crippen LogP contribution in [-0.4, -0.2) is 18.0 Å². The topological polar surface area (TPSA) is 51.2 Å². The summed E-state index contributed by atoms with van der Waals surface area (Å²) in [4.78, 5) is 17.0. The van der Waals surface area contributed by atoms with Crippen molar-refractivity contribution < 1.29 is 9.53 Å². The van der Waals surface area contributed by atoms with E-state index in [1.165, 1.54) is 11.3 Å². The van der Waals surface area contributed by atoms with Crippen LogP contribution in [0.15, 0.2) is 42.6 Å². The third-order valence-electron chi connectivity index (χ3n) is 3.20. The van der Waals surface area contributed by atoms with E-state index >= 15 is 0 Å². The van der Waals surface area contributed by atoms with E-state index in [0.29, 0.717) is 22.2 Å². The Morgan fingerprint density at radius 1 is 1.36 bits per heavy atom. The maximum absolute atomic E-state index is 12.3. The molecule has 2 heterocycles. The molecule has 0 saturated carbocycles. The molecule has 1 N–H and O–H groups in total. The third-order valence-corrected chi connectivity index (χ3v) is 4.87. The summed E-state index contributed by atoms with van der Waals surface area (Å²) in [6, 6.07) is 11.2. The van der Waals surface area contributed by atoms with Crippen molar-refractivity contribution in [2.45, 2.75) is 6.54 Å². The molecule has 2 aromatic heterocycles. The lowest BCUT2D eigenvalue weighted by Gasteiger charge is -2.03. The SMILES string of the molecule is COc1ccc2sc(C(=O)NCc3ccccn3)c(Cl)c2c1. The minimum Gasteiger partial charge on any atom is -0.497 e. The van der Waals surface area contributed by atoms with Gasteiger partial charge in [0.15, 0.2) is 0 Å². The van der Waals surface area contributed by atoms with Crippen molar-refractivity contribution in [2.24, 2.45) is 0 Å². The molecule has 0 aliphatic carbocycles. The van der Waals surface area contributed by atoms with E-state index in [1.807, 2.05) is 36.4 Å². The van der Waals surface area contributed by atoms with Crippen molar-refractivity contribution in [3.63, 3.8) is 0 Å². The lowest BCUT2D eigenvalue weighted by atomic mass is 10.2. The minimum atomic E-state index is -0.198. The molecule has 6 heteroatoms. The molecule has 0 unspecified atom stereocenters. The Morgan fingerprint density at radius 2 is 2.23 bits per heavy atom. The first-order valence-corrected chi connectivity index (χ1v) is 7.82. The Bertz CT molecular complexity index is 818. The van der Waals surface area contributed by atoms with Crippen molar-refractivity contribution in [1.82, 2.24) is 10.3 Å². The average molecular weight is 333 g/mol. The number of ether oxygens (including phenoxy) is 1. The number of nitrogens with one attached hydrogen (secondary N) is 1. The zero-order chi connectivity index (χ0) is 15.5. The predicted octanol–water partition coefficient (Wildman–Crippen LogP) is 3.89. The molecule has 3 rings (SSSR count). The van der Waals surface area contributed by atoms with E-state index < -0.39 is 0 Å². The fraction of sp³-hybridized carbons (Fsp3) is 0.125. The molecule has 0 aliphatic rings. The number of thiophene rings is 1. The molecule has 0 spiro atoms. The molecule has 0 radical (unpaired) electrons. The number of methoxy groups -OCH3 is 1. The number of pyridine rings is 1. The van der Waals surface area contributed by atoms with Crippen LogP contribution in [0.1, 0.15) is 15.4 Å². The summed E-state index contributed by atoms with van der Waals surface area (Å²) < 4.78 is 6.14. The quantitative estimate of drug-likeness (QED) is 0.788. The van der Waals surface area contributed by atoms with Crippen LogP contribution in [0.3, 0.4) is 0 Å². The largest absolute Gasteiger partial charge is 0.497 e. The normalized spacial score (nSPS) is 10.6.